The number of aliphatic hydroxyl groups excluding tert-OH is 1. The molecule has 4 nitrogen and oxygen atoms in total. The fourth-order valence-corrected chi connectivity index (χ4v) is 3.35. The number of thiazole rings is 1. The fourth-order valence-electron chi connectivity index (χ4n) is 2.58. The van der Waals surface area contributed by atoms with Crippen molar-refractivity contribution in [2.45, 2.75) is 45.1 Å². The molecule has 106 valence electrons. The molecule has 0 bridgehead atoms. The standard InChI is InChI=1S/C14H22N2O2S/c1-10-13(19-9-15-10)7-8-16(2)14(18)11-3-5-12(17)6-4-11/h9,11-12,17H,3-8H2,1-2H3. The number of hydrogen-bond acceptors (Lipinski definition) is 4. The molecular formula is C14H22N2O2S. The molecule has 19 heavy (non-hydrogen) atoms. The zero-order chi connectivity index (χ0) is 13.8. The topological polar surface area (TPSA) is 53.4 Å². The van der Waals surface area contributed by atoms with E-state index in [0.717, 1.165) is 44.3 Å². The minimum atomic E-state index is -0.200. The normalized spacial score (nSPS) is 23.3. The summed E-state index contributed by atoms with van der Waals surface area (Å²) in [5.74, 6) is 0.338. The second-order valence-electron chi connectivity index (χ2n) is 5.38. The Morgan fingerprint density at radius 3 is 2.74 bits per heavy atom. The van der Waals surface area contributed by atoms with Crippen molar-refractivity contribution in [2.24, 2.45) is 5.92 Å². The number of amides is 1. The summed E-state index contributed by atoms with van der Waals surface area (Å²) in [7, 11) is 1.88. The van der Waals surface area contributed by atoms with Crippen LogP contribution in [0.2, 0.25) is 0 Å². The molecule has 0 spiro atoms. The minimum Gasteiger partial charge on any atom is -0.393 e. The largest absolute Gasteiger partial charge is 0.393 e. The number of rotatable bonds is 4. The summed E-state index contributed by atoms with van der Waals surface area (Å²) in [4.78, 5) is 19.6. The number of likely N-dealkylation sites (N-methyl/N-ethyl adjacent to an activating group) is 1. The Morgan fingerprint density at radius 2 is 2.16 bits per heavy atom. The van der Waals surface area contributed by atoms with Crippen LogP contribution in [0.15, 0.2) is 5.51 Å². The first-order chi connectivity index (χ1) is 9.08. The van der Waals surface area contributed by atoms with Gasteiger partial charge in [0.1, 0.15) is 0 Å². The van der Waals surface area contributed by atoms with Gasteiger partial charge in [-0.05, 0) is 32.6 Å². The quantitative estimate of drug-likeness (QED) is 0.919. The third-order valence-electron chi connectivity index (χ3n) is 3.94. The third kappa shape index (κ3) is 3.76. The van der Waals surface area contributed by atoms with E-state index in [9.17, 15) is 9.90 Å². The summed E-state index contributed by atoms with van der Waals surface area (Å²) in [6.07, 6.45) is 3.85. The lowest BCUT2D eigenvalue weighted by Gasteiger charge is -2.28. The summed E-state index contributed by atoms with van der Waals surface area (Å²) < 4.78 is 0. The van der Waals surface area contributed by atoms with Gasteiger partial charge in [-0.3, -0.25) is 4.79 Å². The number of hydrogen-bond donors (Lipinski definition) is 1. The molecule has 1 heterocycles. The van der Waals surface area contributed by atoms with Crippen molar-refractivity contribution in [1.82, 2.24) is 9.88 Å². The fraction of sp³-hybridized carbons (Fsp3) is 0.714. The van der Waals surface area contributed by atoms with Crippen molar-refractivity contribution in [3.63, 3.8) is 0 Å². The average molecular weight is 282 g/mol. The summed E-state index contributed by atoms with van der Waals surface area (Å²) in [6.45, 7) is 2.76. The van der Waals surface area contributed by atoms with Gasteiger partial charge in [0.15, 0.2) is 0 Å². The van der Waals surface area contributed by atoms with E-state index in [1.807, 2.05) is 24.4 Å². The molecule has 1 aliphatic rings. The lowest BCUT2D eigenvalue weighted by molar-refractivity contribution is -0.135. The van der Waals surface area contributed by atoms with Crippen LogP contribution in [0.1, 0.15) is 36.3 Å². The van der Waals surface area contributed by atoms with Gasteiger partial charge in [0.05, 0.1) is 17.3 Å². The van der Waals surface area contributed by atoms with Gasteiger partial charge in [0.2, 0.25) is 5.91 Å². The maximum Gasteiger partial charge on any atom is 0.225 e. The Kier molecular flexibility index (Phi) is 4.93. The van der Waals surface area contributed by atoms with E-state index in [1.165, 1.54) is 4.88 Å². The van der Waals surface area contributed by atoms with E-state index < -0.39 is 0 Å². The van der Waals surface area contributed by atoms with E-state index >= 15 is 0 Å². The van der Waals surface area contributed by atoms with E-state index in [0.29, 0.717) is 0 Å². The molecule has 0 atom stereocenters. The Morgan fingerprint density at radius 1 is 1.47 bits per heavy atom. The van der Waals surface area contributed by atoms with Crippen LogP contribution >= 0.6 is 11.3 Å². The molecule has 1 fully saturated rings. The molecule has 1 aromatic rings. The Balaban J connectivity index is 1.81. The molecule has 0 radical (unpaired) electrons. The molecule has 1 aromatic heterocycles. The van der Waals surface area contributed by atoms with Crippen LogP contribution in [0.3, 0.4) is 0 Å². The predicted octanol–water partition coefficient (Wildman–Crippen LogP) is 2.00. The van der Waals surface area contributed by atoms with Gasteiger partial charge in [-0.25, -0.2) is 4.98 Å². The summed E-state index contributed by atoms with van der Waals surface area (Å²) >= 11 is 1.66. The molecular weight excluding hydrogens is 260 g/mol. The third-order valence-corrected chi connectivity index (χ3v) is 4.94. The van der Waals surface area contributed by atoms with Crippen molar-refractivity contribution in [2.75, 3.05) is 13.6 Å². The highest BCUT2D eigenvalue weighted by Crippen LogP contribution is 2.25. The van der Waals surface area contributed by atoms with E-state index in [1.54, 1.807) is 11.3 Å². The van der Waals surface area contributed by atoms with E-state index in [-0.39, 0.29) is 17.9 Å². The summed E-state index contributed by atoms with van der Waals surface area (Å²) in [5, 5.41) is 9.48. The van der Waals surface area contributed by atoms with Gasteiger partial charge in [-0.1, -0.05) is 0 Å². The Bertz CT molecular complexity index is 425. The number of carbonyl (C=O) groups excluding carboxylic acids is 1. The maximum atomic E-state index is 12.3. The van der Waals surface area contributed by atoms with Gasteiger partial charge in [-0.2, -0.15) is 0 Å². The molecule has 1 saturated carbocycles. The van der Waals surface area contributed by atoms with Crippen LogP contribution in [-0.2, 0) is 11.2 Å². The maximum absolute atomic E-state index is 12.3. The number of aryl methyl sites for hydroxylation is 1. The Labute approximate surface area is 118 Å². The smallest absolute Gasteiger partial charge is 0.225 e. The van der Waals surface area contributed by atoms with Crippen molar-refractivity contribution < 1.29 is 9.90 Å². The average Bonchev–Trinajstić information content (AvgIpc) is 2.81. The van der Waals surface area contributed by atoms with Gasteiger partial charge >= 0.3 is 0 Å². The van der Waals surface area contributed by atoms with Crippen LogP contribution in [0.25, 0.3) is 0 Å². The highest BCUT2D eigenvalue weighted by atomic mass is 32.1. The molecule has 1 amide bonds. The number of aromatic nitrogens is 1. The minimum absolute atomic E-state index is 0.107. The second-order valence-corrected chi connectivity index (χ2v) is 6.32. The van der Waals surface area contributed by atoms with Crippen LogP contribution in [0.5, 0.6) is 0 Å². The van der Waals surface area contributed by atoms with Crippen LogP contribution in [-0.4, -0.2) is 40.6 Å². The van der Waals surface area contributed by atoms with Gasteiger partial charge < -0.3 is 10.0 Å². The monoisotopic (exact) mass is 282 g/mol. The molecule has 1 N–H and O–H groups in total. The van der Waals surface area contributed by atoms with E-state index in [4.69, 9.17) is 0 Å². The Hall–Kier alpha value is -0.940. The SMILES string of the molecule is Cc1ncsc1CCN(C)C(=O)C1CCC(O)CC1. The second kappa shape index (κ2) is 6.48. The molecule has 0 aromatic carbocycles. The van der Waals surface area contributed by atoms with Gasteiger partial charge in [-0.15, -0.1) is 11.3 Å². The van der Waals surface area contributed by atoms with Crippen LogP contribution < -0.4 is 0 Å². The molecule has 0 unspecified atom stereocenters. The lowest BCUT2D eigenvalue weighted by Crippen LogP contribution is -2.36. The lowest BCUT2D eigenvalue weighted by atomic mass is 9.86. The zero-order valence-electron chi connectivity index (χ0n) is 11.6. The predicted molar refractivity (Wildman–Crippen MR) is 76.2 cm³/mol. The van der Waals surface area contributed by atoms with Crippen molar-refractivity contribution >= 4 is 17.2 Å². The summed E-state index contributed by atoms with van der Waals surface area (Å²) in [5.41, 5.74) is 2.93. The van der Waals surface area contributed by atoms with Gasteiger partial charge in [0, 0.05) is 30.8 Å². The highest BCUT2D eigenvalue weighted by Gasteiger charge is 2.27. The molecule has 0 saturated heterocycles. The first kappa shape index (κ1) is 14.5. The molecule has 0 aliphatic heterocycles. The van der Waals surface area contributed by atoms with Crippen LogP contribution in [0, 0.1) is 12.8 Å². The van der Waals surface area contributed by atoms with E-state index in [2.05, 4.69) is 4.98 Å². The number of carbonyl (C=O) groups is 1. The molecule has 5 heteroatoms. The zero-order valence-corrected chi connectivity index (χ0v) is 12.4. The number of nitrogens with zero attached hydrogens (tertiary/aromatic N) is 2. The number of aliphatic hydroxyl groups is 1. The van der Waals surface area contributed by atoms with Gasteiger partial charge in [0.25, 0.3) is 0 Å². The van der Waals surface area contributed by atoms with Crippen molar-refractivity contribution in [3.05, 3.63) is 16.1 Å². The van der Waals surface area contributed by atoms with Crippen molar-refractivity contribution in [1.29, 1.82) is 0 Å². The first-order valence-electron chi connectivity index (χ1n) is 6.90. The highest BCUT2D eigenvalue weighted by molar-refractivity contribution is 7.09. The first-order valence-corrected chi connectivity index (χ1v) is 7.78. The van der Waals surface area contributed by atoms with Crippen molar-refractivity contribution in [3.8, 4) is 0 Å². The summed E-state index contributed by atoms with van der Waals surface area (Å²) in [6, 6.07) is 0. The van der Waals surface area contributed by atoms with Crippen LogP contribution in [0.4, 0.5) is 0 Å². The molecule has 2 rings (SSSR count). The molecule has 1 aliphatic carbocycles.